The Morgan fingerprint density at radius 1 is 1.15 bits per heavy atom. The van der Waals surface area contributed by atoms with Gasteiger partial charge in [0.25, 0.3) is 11.8 Å². The van der Waals surface area contributed by atoms with Gasteiger partial charge in [-0.05, 0) is 48.6 Å². The molecule has 2 aliphatic rings. The number of ether oxygens (including phenoxy) is 1. The number of amides is 2. The average molecular weight is 365 g/mol. The van der Waals surface area contributed by atoms with Crippen molar-refractivity contribution in [2.24, 2.45) is 0 Å². The molecule has 1 fully saturated rings. The molecule has 27 heavy (non-hydrogen) atoms. The Bertz CT molecular complexity index is 862. The number of benzene rings is 2. The number of hydrogen-bond acceptors (Lipinski definition) is 4. The Hall–Kier alpha value is -3.02. The summed E-state index contributed by atoms with van der Waals surface area (Å²) in [6, 6.07) is 13.5. The molecule has 1 heterocycles. The van der Waals surface area contributed by atoms with E-state index in [1.54, 1.807) is 6.07 Å². The molecule has 0 radical (unpaired) electrons. The van der Waals surface area contributed by atoms with Crippen molar-refractivity contribution >= 4 is 17.5 Å². The van der Waals surface area contributed by atoms with E-state index in [1.807, 2.05) is 30.3 Å². The highest BCUT2D eigenvalue weighted by Crippen LogP contribution is 2.32. The number of anilines is 1. The van der Waals surface area contributed by atoms with E-state index in [0.717, 1.165) is 37.1 Å². The molecule has 6 nitrogen and oxygen atoms in total. The molecule has 1 saturated carbocycles. The largest absolute Gasteiger partial charge is 0.482 e. The fraction of sp³-hybridized carbons (Fsp3) is 0.333. The molecule has 0 aromatic heterocycles. The van der Waals surface area contributed by atoms with Crippen LogP contribution in [0.3, 0.4) is 0 Å². The van der Waals surface area contributed by atoms with Crippen molar-refractivity contribution in [3.8, 4) is 5.75 Å². The quantitative estimate of drug-likeness (QED) is 0.703. The zero-order valence-corrected chi connectivity index (χ0v) is 15.1. The van der Waals surface area contributed by atoms with Crippen LogP contribution in [0, 0.1) is 0 Å². The molecule has 3 N–H and O–H groups in total. The van der Waals surface area contributed by atoms with E-state index in [-0.39, 0.29) is 18.4 Å². The maximum atomic E-state index is 12.1. The number of rotatable bonds is 7. The minimum absolute atomic E-state index is 0.0417. The van der Waals surface area contributed by atoms with Crippen LogP contribution in [0.2, 0.25) is 0 Å². The summed E-state index contributed by atoms with van der Waals surface area (Å²) >= 11 is 0. The molecule has 0 saturated heterocycles. The number of hydrogen-bond donors (Lipinski definition) is 3. The normalized spacial score (nSPS) is 14.8. The molecule has 0 spiro atoms. The van der Waals surface area contributed by atoms with E-state index in [1.165, 1.54) is 5.56 Å². The van der Waals surface area contributed by atoms with E-state index in [2.05, 4.69) is 22.0 Å². The topological polar surface area (TPSA) is 79.5 Å². The van der Waals surface area contributed by atoms with Gasteiger partial charge in [-0.3, -0.25) is 9.59 Å². The van der Waals surface area contributed by atoms with Gasteiger partial charge in [0.05, 0.1) is 5.69 Å². The monoisotopic (exact) mass is 365 g/mol. The van der Waals surface area contributed by atoms with Crippen LogP contribution in [0.4, 0.5) is 5.69 Å². The van der Waals surface area contributed by atoms with Gasteiger partial charge < -0.3 is 20.7 Å². The van der Waals surface area contributed by atoms with Gasteiger partial charge in [0.2, 0.25) is 0 Å². The van der Waals surface area contributed by atoms with E-state index in [9.17, 15) is 9.59 Å². The van der Waals surface area contributed by atoms with E-state index in [0.29, 0.717) is 23.9 Å². The predicted octanol–water partition coefficient (Wildman–Crippen LogP) is 2.24. The average Bonchev–Trinajstić information content (AvgIpc) is 3.37. The van der Waals surface area contributed by atoms with Crippen molar-refractivity contribution in [3.63, 3.8) is 0 Å². The zero-order chi connectivity index (χ0) is 18.6. The summed E-state index contributed by atoms with van der Waals surface area (Å²) in [5.41, 5.74) is 3.71. The molecule has 1 aliphatic heterocycles. The number of nitrogens with one attached hydrogen (secondary N) is 3. The first-order valence-electron chi connectivity index (χ1n) is 9.34. The van der Waals surface area contributed by atoms with Crippen molar-refractivity contribution in [3.05, 3.63) is 59.2 Å². The minimum atomic E-state index is -0.196. The number of fused-ring (bicyclic) bond motifs is 1. The van der Waals surface area contributed by atoms with Crippen LogP contribution in [-0.2, 0) is 17.8 Å². The van der Waals surface area contributed by atoms with E-state index >= 15 is 0 Å². The first kappa shape index (κ1) is 17.4. The van der Waals surface area contributed by atoms with Gasteiger partial charge in [-0.1, -0.05) is 24.3 Å². The van der Waals surface area contributed by atoms with Crippen molar-refractivity contribution in [1.29, 1.82) is 0 Å². The van der Waals surface area contributed by atoms with Gasteiger partial charge in [-0.2, -0.15) is 0 Å². The summed E-state index contributed by atoms with van der Waals surface area (Å²) < 4.78 is 5.67. The third kappa shape index (κ3) is 4.39. The summed E-state index contributed by atoms with van der Waals surface area (Å²) in [4.78, 5) is 24.2. The first-order valence-corrected chi connectivity index (χ1v) is 9.34. The summed E-state index contributed by atoms with van der Waals surface area (Å²) in [7, 11) is 0. The highest BCUT2D eigenvalue weighted by atomic mass is 16.5. The van der Waals surface area contributed by atoms with Gasteiger partial charge in [0, 0.05) is 24.7 Å². The van der Waals surface area contributed by atoms with Crippen LogP contribution < -0.4 is 20.7 Å². The maximum absolute atomic E-state index is 12.1. The summed E-state index contributed by atoms with van der Waals surface area (Å²) in [5, 5.41) is 9.10. The van der Waals surface area contributed by atoms with Gasteiger partial charge in [-0.15, -0.1) is 0 Å². The number of carbonyl (C=O) groups excluding carboxylic acids is 2. The van der Waals surface area contributed by atoms with Crippen molar-refractivity contribution in [2.75, 3.05) is 18.5 Å². The lowest BCUT2D eigenvalue weighted by Gasteiger charge is -2.11. The van der Waals surface area contributed by atoms with Crippen molar-refractivity contribution < 1.29 is 14.3 Å². The molecule has 1 aliphatic carbocycles. The van der Waals surface area contributed by atoms with Gasteiger partial charge in [-0.25, -0.2) is 0 Å². The second-order valence-corrected chi connectivity index (χ2v) is 6.98. The molecule has 4 rings (SSSR count). The van der Waals surface area contributed by atoms with E-state index < -0.39 is 0 Å². The fourth-order valence-corrected chi connectivity index (χ4v) is 3.14. The highest BCUT2D eigenvalue weighted by Gasteiger charge is 2.23. The van der Waals surface area contributed by atoms with Crippen LogP contribution in [0.1, 0.15) is 34.3 Å². The smallest absolute Gasteiger partial charge is 0.258 e. The Kier molecular flexibility index (Phi) is 4.96. The van der Waals surface area contributed by atoms with Crippen molar-refractivity contribution in [2.45, 2.75) is 31.8 Å². The third-order valence-corrected chi connectivity index (χ3v) is 4.76. The third-order valence-electron chi connectivity index (χ3n) is 4.76. The van der Waals surface area contributed by atoms with Crippen molar-refractivity contribution in [1.82, 2.24) is 10.6 Å². The summed E-state index contributed by atoms with van der Waals surface area (Å²) in [6.07, 6.45) is 3.09. The predicted molar refractivity (Wildman–Crippen MR) is 103 cm³/mol. The molecule has 0 atom stereocenters. The van der Waals surface area contributed by atoms with Gasteiger partial charge in [0.1, 0.15) is 5.75 Å². The summed E-state index contributed by atoms with van der Waals surface area (Å²) in [5.74, 6) is 0.455. The molecular weight excluding hydrogens is 342 g/mol. The zero-order valence-electron chi connectivity index (χ0n) is 15.1. The fourth-order valence-electron chi connectivity index (χ4n) is 3.14. The molecular formula is C21H23N3O3. The molecule has 140 valence electrons. The van der Waals surface area contributed by atoms with Crippen LogP contribution in [0.15, 0.2) is 42.5 Å². The lowest BCUT2D eigenvalue weighted by atomic mass is 10.1. The number of carbonyl (C=O) groups is 2. The second kappa shape index (κ2) is 7.70. The van der Waals surface area contributed by atoms with Crippen LogP contribution >= 0.6 is 0 Å². The number of para-hydroxylation sites is 1. The Labute approximate surface area is 158 Å². The van der Waals surface area contributed by atoms with Crippen LogP contribution in [0.25, 0.3) is 0 Å². The highest BCUT2D eigenvalue weighted by molar-refractivity contribution is 5.94. The first-order chi connectivity index (χ1) is 13.2. The van der Waals surface area contributed by atoms with Gasteiger partial charge in [0.15, 0.2) is 6.61 Å². The molecule has 2 amide bonds. The molecule has 2 aromatic carbocycles. The maximum Gasteiger partial charge on any atom is 0.258 e. The SMILES string of the molecule is O=C(COc1cccc2c1NCC2)NCc1cccc(C(=O)NC2CC2)c1. The Morgan fingerprint density at radius 2 is 2.00 bits per heavy atom. The van der Waals surface area contributed by atoms with Gasteiger partial charge >= 0.3 is 0 Å². The summed E-state index contributed by atoms with van der Waals surface area (Å²) in [6.45, 7) is 1.21. The Morgan fingerprint density at radius 3 is 2.85 bits per heavy atom. The lowest BCUT2D eigenvalue weighted by molar-refractivity contribution is -0.123. The van der Waals surface area contributed by atoms with Crippen LogP contribution in [0.5, 0.6) is 5.75 Å². The second-order valence-electron chi connectivity index (χ2n) is 6.98. The molecule has 2 aromatic rings. The standard InChI is InChI=1S/C21H23N3O3/c25-19(13-27-18-6-2-4-15-9-10-22-20(15)18)23-12-14-3-1-5-16(11-14)21(26)24-17-7-8-17/h1-6,11,17,22H,7-10,12-13H2,(H,23,25)(H,24,26). The lowest BCUT2D eigenvalue weighted by Crippen LogP contribution is -2.29. The molecule has 6 heteroatoms. The Balaban J connectivity index is 1.28. The minimum Gasteiger partial charge on any atom is -0.482 e. The molecule has 0 unspecified atom stereocenters. The van der Waals surface area contributed by atoms with E-state index in [4.69, 9.17) is 4.74 Å². The van der Waals surface area contributed by atoms with Crippen LogP contribution in [-0.4, -0.2) is 31.0 Å². The molecule has 0 bridgehead atoms.